The van der Waals surface area contributed by atoms with Crippen LogP contribution in [0.25, 0.3) is 5.65 Å². The van der Waals surface area contributed by atoms with Crippen LogP contribution >= 0.6 is 0 Å². The van der Waals surface area contributed by atoms with Gasteiger partial charge in [-0.2, -0.15) is 4.52 Å². The third-order valence-electron chi connectivity index (χ3n) is 4.64. The lowest BCUT2D eigenvalue weighted by Gasteiger charge is -2.32. The summed E-state index contributed by atoms with van der Waals surface area (Å²) in [4.78, 5) is 14.6. The van der Waals surface area contributed by atoms with Gasteiger partial charge in [0.15, 0.2) is 11.5 Å². The fraction of sp³-hybridized carbons (Fsp3) is 0.333. The van der Waals surface area contributed by atoms with E-state index >= 15 is 0 Å². The maximum Gasteiger partial charge on any atom is 0.227 e. The van der Waals surface area contributed by atoms with Crippen LogP contribution in [0.15, 0.2) is 42.5 Å². The van der Waals surface area contributed by atoms with Gasteiger partial charge < -0.3 is 10.2 Å². The summed E-state index contributed by atoms with van der Waals surface area (Å²) in [6.07, 6.45) is 1.64. The van der Waals surface area contributed by atoms with Crippen molar-refractivity contribution in [2.24, 2.45) is 5.92 Å². The molecule has 128 valence electrons. The molecule has 3 heterocycles. The molecule has 1 amide bonds. The quantitative estimate of drug-likeness (QED) is 0.794. The van der Waals surface area contributed by atoms with E-state index in [4.69, 9.17) is 0 Å². The second kappa shape index (κ2) is 6.51. The first kappa shape index (κ1) is 15.6. The van der Waals surface area contributed by atoms with Crippen LogP contribution < -0.4 is 10.2 Å². The van der Waals surface area contributed by atoms with Crippen LogP contribution in [0.2, 0.25) is 0 Å². The first-order chi connectivity index (χ1) is 12.2. The van der Waals surface area contributed by atoms with Gasteiger partial charge in [-0.1, -0.05) is 18.2 Å². The van der Waals surface area contributed by atoms with E-state index in [1.165, 1.54) is 0 Å². The maximum absolute atomic E-state index is 12.4. The Kier molecular flexibility index (Phi) is 4.05. The molecule has 1 aliphatic rings. The van der Waals surface area contributed by atoms with Crippen LogP contribution in [-0.2, 0) is 4.79 Å². The third-order valence-corrected chi connectivity index (χ3v) is 4.64. The summed E-state index contributed by atoms with van der Waals surface area (Å²) < 4.78 is 1.75. The normalized spacial score (nSPS) is 15.5. The Morgan fingerprint density at radius 2 is 1.84 bits per heavy atom. The van der Waals surface area contributed by atoms with Crippen LogP contribution in [0, 0.1) is 12.8 Å². The highest BCUT2D eigenvalue weighted by Crippen LogP contribution is 2.23. The van der Waals surface area contributed by atoms with Gasteiger partial charge in [-0.05, 0) is 44.0 Å². The van der Waals surface area contributed by atoms with Gasteiger partial charge in [-0.25, -0.2) is 0 Å². The number of aryl methyl sites for hydroxylation is 1. The minimum atomic E-state index is 0.0387. The van der Waals surface area contributed by atoms with Crippen molar-refractivity contribution < 1.29 is 4.79 Å². The predicted molar refractivity (Wildman–Crippen MR) is 95.5 cm³/mol. The molecule has 4 rings (SSSR count). The summed E-state index contributed by atoms with van der Waals surface area (Å²) >= 11 is 0. The predicted octanol–water partition coefficient (Wildman–Crippen LogP) is 2.29. The number of aromatic nitrogens is 4. The van der Waals surface area contributed by atoms with Crippen LogP contribution in [0.5, 0.6) is 0 Å². The van der Waals surface area contributed by atoms with Gasteiger partial charge in [-0.3, -0.25) is 4.79 Å². The second-order valence-corrected chi connectivity index (χ2v) is 6.33. The van der Waals surface area contributed by atoms with Crippen molar-refractivity contribution >= 4 is 23.1 Å². The number of hydrogen-bond donors (Lipinski definition) is 1. The number of piperidine rings is 1. The van der Waals surface area contributed by atoms with E-state index in [-0.39, 0.29) is 11.8 Å². The van der Waals surface area contributed by atoms with Gasteiger partial charge >= 0.3 is 0 Å². The van der Waals surface area contributed by atoms with Gasteiger partial charge in [0.1, 0.15) is 5.82 Å². The Labute approximate surface area is 145 Å². The highest BCUT2D eigenvalue weighted by molar-refractivity contribution is 5.92. The summed E-state index contributed by atoms with van der Waals surface area (Å²) in [6, 6.07) is 13.5. The lowest BCUT2D eigenvalue weighted by atomic mass is 9.96. The monoisotopic (exact) mass is 336 g/mol. The Morgan fingerprint density at radius 1 is 1.08 bits per heavy atom. The first-order valence-corrected chi connectivity index (χ1v) is 8.50. The van der Waals surface area contributed by atoms with Crippen molar-refractivity contribution in [3.8, 4) is 0 Å². The molecular weight excluding hydrogens is 316 g/mol. The summed E-state index contributed by atoms with van der Waals surface area (Å²) in [5.41, 5.74) is 1.60. The Morgan fingerprint density at radius 3 is 2.60 bits per heavy atom. The fourth-order valence-electron chi connectivity index (χ4n) is 3.19. The number of rotatable bonds is 3. The fourth-order valence-corrected chi connectivity index (χ4v) is 3.19. The van der Waals surface area contributed by atoms with Crippen molar-refractivity contribution in [3.63, 3.8) is 0 Å². The Bertz CT molecular complexity index is 883. The average Bonchev–Trinajstić information content (AvgIpc) is 3.03. The molecule has 1 aliphatic heterocycles. The van der Waals surface area contributed by atoms with Gasteiger partial charge in [0, 0.05) is 24.7 Å². The molecule has 2 aromatic heterocycles. The molecule has 0 radical (unpaired) electrons. The van der Waals surface area contributed by atoms with Gasteiger partial charge in [-0.15, -0.1) is 15.3 Å². The number of hydrogen-bond acceptors (Lipinski definition) is 5. The summed E-state index contributed by atoms with van der Waals surface area (Å²) in [5.74, 6) is 1.81. The summed E-state index contributed by atoms with van der Waals surface area (Å²) in [5, 5.41) is 15.7. The molecule has 0 spiro atoms. The lowest BCUT2D eigenvalue weighted by Crippen LogP contribution is -2.38. The van der Waals surface area contributed by atoms with Crippen molar-refractivity contribution in [2.45, 2.75) is 19.8 Å². The van der Waals surface area contributed by atoms with E-state index in [0.29, 0.717) is 0 Å². The van der Waals surface area contributed by atoms with Crippen LogP contribution in [0.4, 0.5) is 11.5 Å². The highest BCUT2D eigenvalue weighted by atomic mass is 16.1. The van der Waals surface area contributed by atoms with Crippen molar-refractivity contribution in [1.29, 1.82) is 0 Å². The second-order valence-electron chi connectivity index (χ2n) is 6.33. The number of carbonyl (C=O) groups excluding carboxylic acids is 1. The Balaban J connectivity index is 1.40. The van der Waals surface area contributed by atoms with Crippen LogP contribution in [0.1, 0.15) is 18.7 Å². The molecule has 0 aliphatic carbocycles. The highest BCUT2D eigenvalue weighted by Gasteiger charge is 2.26. The topological polar surface area (TPSA) is 75.4 Å². The van der Waals surface area contributed by atoms with Crippen LogP contribution in [0.3, 0.4) is 0 Å². The SMILES string of the molecule is Cc1nnc2ccc(N3CCC(C(=O)Nc4ccccc4)CC3)nn12. The van der Waals surface area contributed by atoms with E-state index in [1.807, 2.05) is 49.4 Å². The lowest BCUT2D eigenvalue weighted by molar-refractivity contribution is -0.120. The number of nitrogens with one attached hydrogen (secondary N) is 1. The number of para-hydroxylation sites is 1. The van der Waals surface area contributed by atoms with Gasteiger partial charge in [0.25, 0.3) is 0 Å². The van der Waals surface area contributed by atoms with Crippen molar-refractivity contribution in [1.82, 2.24) is 19.8 Å². The van der Waals surface area contributed by atoms with Crippen molar-refractivity contribution in [3.05, 3.63) is 48.3 Å². The zero-order chi connectivity index (χ0) is 17.2. The summed E-state index contributed by atoms with van der Waals surface area (Å²) in [6.45, 7) is 3.51. The maximum atomic E-state index is 12.4. The molecule has 1 fully saturated rings. The van der Waals surface area contributed by atoms with E-state index in [0.717, 1.165) is 48.9 Å². The summed E-state index contributed by atoms with van der Waals surface area (Å²) in [7, 11) is 0. The van der Waals surface area contributed by atoms with Crippen LogP contribution in [-0.4, -0.2) is 38.8 Å². The minimum Gasteiger partial charge on any atom is -0.355 e. The zero-order valence-corrected chi connectivity index (χ0v) is 14.1. The number of nitrogens with zero attached hydrogens (tertiary/aromatic N) is 5. The number of carbonyl (C=O) groups is 1. The molecule has 3 aromatic rings. The van der Waals surface area contributed by atoms with Crippen molar-refractivity contribution in [2.75, 3.05) is 23.3 Å². The zero-order valence-electron chi connectivity index (χ0n) is 14.1. The minimum absolute atomic E-state index is 0.0387. The molecule has 0 bridgehead atoms. The largest absolute Gasteiger partial charge is 0.355 e. The van der Waals surface area contributed by atoms with E-state index < -0.39 is 0 Å². The molecule has 1 saturated heterocycles. The third kappa shape index (κ3) is 3.17. The molecule has 0 saturated carbocycles. The number of anilines is 2. The average molecular weight is 336 g/mol. The van der Waals surface area contributed by atoms with Gasteiger partial charge in [0.05, 0.1) is 0 Å². The standard InChI is InChI=1S/C18H20N6O/c1-13-20-21-16-7-8-17(22-24(13)16)23-11-9-14(10-12-23)18(25)19-15-5-3-2-4-6-15/h2-8,14H,9-12H2,1H3,(H,19,25). The van der Waals surface area contributed by atoms with E-state index in [1.54, 1.807) is 4.52 Å². The Hall–Kier alpha value is -2.96. The van der Waals surface area contributed by atoms with Gasteiger partial charge in [0.2, 0.25) is 5.91 Å². The first-order valence-electron chi connectivity index (χ1n) is 8.50. The number of amides is 1. The molecule has 7 nitrogen and oxygen atoms in total. The molecule has 0 unspecified atom stereocenters. The molecule has 7 heteroatoms. The molecule has 0 atom stereocenters. The molecule has 25 heavy (non-hydrogen) atoms. The smallest absolute Gasteiger partial charge is 0.227 e. The number of benzene rings is 1. The molecular formula is C18H20N6O. The molecule has 1 aromatic carbocycles. The van der Waals surface area contributed by atoms with E-state index in [2.05, 4.69) is 25.5 Å². The van der Waals surface area contributed by atoms with E-state index in [9.17, 15) is 4.79 Å². The number of fused-ring (bicyclic) bond motifs is 1. The molecule has 1 N–H and O–H groups in total.